The predicted molar refractivity (Wildman–Crippen MR) is 542 cm³/mol. The molecule has 4 aromatic heterocycles. The Morgan fingerprint density at radius 3 is 0.944 bits per heavy atom. The molecule has 4 amide bonds. The van der Waals surface area contributed by atoms with Crippen LogP contribution in [0.15, 0.2) is 235 Å². The second kappa shape index (κ2) is 52.2. The van der Waals surface area contributed by atoms with Crippen molar-refractivity contribution in [2.75, 3.05) is 72.0 Å². The molecule has 0 radical (unpaired) electrons. The summed E-state index contributed by atoms with van der Waals surface area (Å²) >= 11 is 27.9. The van der Waals surface area contributed by atoms with Gasteiger partial charge in [0.15, 0.2) is 0 Å². The molecule has 4 aliphatic heterocycles. The Morgan fingerprint density at radius 2 is 0.608 bits per heavy atom. The molecular formula is C98H107Cl4F9N12O12S8. The lowest BCUT2D eigenvalue weighted by Crippen LogP contribution is -2.47. The van der Waals surface area contributed by atoms with Crippen LogP contribution in [0, 0.1) is 11.8 Å². The molecule has 3 unspecified atom stereocenters. The van der Waals surface area contributed by atoms with E-state index in [0.717, 1.165) is 118 Å². The first-order chi connectivity index (χ1) is 68.0. The van der Waals surface area contributed by atoms with Crippen molar-refractivity contribution >= 4 is 155 Å². The quantitative estimate of drug-likeness (QED) is 0.0133. The summed E-state index contributed by atoms with van der Waals surface area (Å²) in [5, 5.41) is 26.5. The average Bonchev–Trinajstić information content (AvgIpc) is 1.67. The fraction of sp³-hybridized carbons (Fsp3) is 0.367. The van der Waals surface area contributed by atoms with Gasteiger partial charge in [0, 0.05) is 146 Å². The van der Waals surface area contributed by atoms with Crippen LogP contribution in [-0.4, -0.2) is 159 Å². The van der Waals surface area contributed by atoms with Crippen LogP contribution in [0.5, 0.6) is 0 Å². The SMILES string of the molecule is CCCCCCNCC1CCCN(S(=O)(=O)c2ccc(CNC(=O)c3ccc(Cl)cc3)s2)C1.O=C(NCc1ccc(S(=O)(=O)N2CCC(NCc3ccc(C(F)(F)F)cc3)C2)s1)c1ccc(Cl)cc1.O=C(NCc1ccc(S(=O)(=O)N2CCCC(NCc3ccc(C(F)(F)F)cc3)C2)s1)c1ccc(Cl)cc1.O=C(NCc1ccc(S(=O)(=O)N2CC[C@H](CNCc3ccc(C(F)(F)F)cc3)C2)s1)c1ccc(Cl)cc1. The molecular weight excluding hydrogens is 2110 g/mol. The van der Waals surface area contributed by atoms with E-state index in [1.54, 1.807) is 144 Å². The van der Waals surface area contributed by atoms with Crippen molar-refractivity contribution in [3.63, 3.8) is 0 Å². The summed E-state index contributed by atoms with van der Waals surface area (Å²) in [5.41, 5.74) is 1.90. The molecule has 8 N–H and O–H groups in total. The monoisotopic (exact) mass is 2210 g/mol. The summed E-state index contributed by atoms with van der Waals surface area (Å²) in [6.45, 7) is 9.74. The first-order valence-corrected chi connectivity index (χ1v) is 56.4. The van der Waals surface area contributed by atoms with Crippen LogP contribution in [0.4, 0.5) is 39.5 Å². The second-order valence-corrected chi connectivity index (χ2v) is 49.4. The summed E-state index contributed by atoms with van der Waals surface area (Å²) in [6, 6.07) is 53.8. The van der Waals surface area contributed by atoms with Crippen LogP contribution >= 0.6 is 91.8 Å². The number of carbonyl (C=O) groups is 4. The molecule has 0 spiro atoms. The number of amides is 4. The highest BCUT2D eigenvalue weighted by atomic mass is 35.5. The Morgan fingerprint density at radius 1 is 0.322 bits per heavy atom. The number of rotatable bonds is 37. The van der Waals surface area contributed by atoms with Crippen LogP contribution in [0.2, 0.25) is 20.1 Å². The number of unbranched alkanes of at least 4 members (excludes halogenated alkanes) is 3. The maximum Gasteiger partial charge on any atom is 0.416 e. The van der Waals surface area contributed by atoms with Gasteiger partial charge in [-0.05, 0) is 275 Å². The van der Waals surface area contributed by atoms with Crippen molar-refractivity contribution in [2.45, 2.75) is 164 Å². The van der Waals surface area contributed by atoms with Gasteiger partial charge in [-0.15, -0.1) is 45.3 Å². The van der Waals surface area contributed by atoms with E-state index in [9.17, 15) is 92.4 Å². The number of carbonyl (C=O) groups excluding carboxylic acids is 4. The number of alkyl halides is 9. The molecule has 4 saturated heterocycles. The van der Waals surface area contributed by atoms with E-state index >= 15 is 0 Å². The number of nitrogens with zero attached hydrogens (tertiary/aromatic N) is 4. The van der Waals surface area contributed by atoms with Gasteiger partial charge >= 0.3 is 18.5 Å². The van der Waals surface area contributed by atoms with E-state index < -0.39 is 75.3 Å². The highest BCUT2D eigenvalue weighted by molar-refractivity contribution is 7.92. The average molecular weight is 2210 g/mol. The fourth-order valence-corrected chi connectivity index (χ4v) is 28.2. The molecule has 0 saturated carbocycles. The Kier molecular flexibility index (Phi) is 41.2. The molecule has 11 aromatic rings. The molecule has 7 aromatic carbocycles. The van der Waals surface area contributed by atoms with Gasteiger partial charge < -0.3 is 42.5 Å². The third-order valence-electron chi connectivity index (χ3n) is 23.7. The highest BCUT2D eigenvalue weighted by Crippen LogP contribution is 2.37. The Bertz CT molecular complexity index is 6520. The van der Waals surface area contributed by atoms with Gasteiger partial charge in [-0.1, -0.05) is 109 Å². The molecule has 4 aliphatic rings. The summed E-state index contributed by atoms with van der Waals surface area (Å²) in [4.78, 5) is 52.1. The standard InChI is InChI=1S/2C25H25ClF3N3O3S2.C24H23ClF3N3O3S2.C24H34ClN3O3S2/c26-21-7-3-19(4-8-21)24(33)31-15-22-9-10-23(36-22)37(34,35)32-12-11-18(16-32)14-30-13-17-1-5-20(6-2-17)25(27,28)29;26-20-9-5-18(6-10-20)24(33)31-15-22-11-12-23(36-22)37(34,35)32-13-1-2-21(16-32)30-14-17-3-7-19(8-4-17)25(27,28)29;25-19-7-3-17(4-8-19)23(32)30-14-21-9-10-22(35-21)36(33,34)31-12-11-20(15-31)29-13-16-1-5-18(6-2-16)24(26,27)28;1-2-3-4-5-14-26-16-19-7-6-15-28(18-19)33(30,31)23-13-12-22(32-23)17-27-24(29)20-8-10-21(25)11-9-20/h1-10,18,30H,11-16H2,(H,31,33);3-12,21,30H,1-2,13-16H2,(H,31,33);1-10,20,29H,11-15H2,(H,30,32);8-13,19,26H,2-7,14-18H2,1H3,(H,27,29)/t18-;;;/m1.../s1. The molecule has 15 rings (SSSR count). The number of hydrogen-bond donors (Lipinski definition) is 8. The number of hydrogen-bond acceptors (Lipinski definition) is 20. The zero-order chi connectivity index (χ0) is 103. The van der Waals surface area contributed by atoms with Crippen LogP contribution < -0.4 is 42.5 Å². The third-order valence-corrected chi connectivity index (χ3v) is 38.4. The first-order valence-electron chi connectivity index (χ1n) is 45.8. The van der Waals surface area contributed by atoms with Crippen molar-refractivity contribution < 1.29 is 92.4 Å². The van der Waals surface area contributed by atoms with E-state index in [1.165, 1.54) is 92.4 Å². The molecule has 45 heteroatoms. The number of halogens is 13. The van der Waals surface area contributed by atoms with Crippen molar-refractivity contribution in [1.82, 2.24) is 59.8 Å². The van der Waals surface area contributed by atoms with Crippen molar-refractivity contribution in [2.24, 2.45) is 11.8 Å². The van der Waals surface area contributed by atoms with Gasteiger partial charge in [0.1, 0.15) is 16.8 Å². The number of sulfonamides is 4. The van der Waals surface area contributed by atoms with Crippen LogP contribution in [-0.2, 0) is 104 Å². The highest BCUT2D eigenvalue weighted by Gasteiger charge is 2.39. The molecule has 143 heavy (non-hydrogen) atoms. The van der Waals surface area contributed by atoms with Gasteiger partial charge in [-0.2, -0.15) is 56.7 Å². The Balaban J connectivity index is 0.000000170. The van der Waals surface area contributed by atoms with Gasteiger partial charge in [-0.3, -0.25) is 19.2 Å². The minimum Gasteiger partial charge on any atom is -0.347 e. The van der Waals surface area contributed by atoms with Gasteiger partial charge in [-0.25, -0.2) is 33.7 Å². The smallest absolute Gasteiger partial charge is 0.347 e. The van der Waals surface area contributed by atoms with Gasteiger partial charge in [0.2, 0.25) is 0 Å². The maximum atomic E-state index is 13.2. The lowest BCUT2D eigenvalue weighted by molar-refractivity contribution is -0.138. The van der Waals surface area contributed by atoms with Crippen LogP contribution in [0.25, 0.3) is 0 Å². The normalized spacial score (nSPS) is 16.9. The number of piperidine rings is 2. The summed E-state index contributed by atoms with van der Waals surface area (Å²) in [5.74, 6) is -0.621. The predicted octanol–water partition coefficient (Wildman–Crippen LogP) is 20.2. The maximum absolute atomic E-state index is 13.2. The lowest BCUT2D eigenvalue weighted by atomic mass is 10.00. The second-order valence-electron chi connectivity index (χ2n) is 34.3. The molecule has 24 nitrogen and oxygen atoms in total. The first kappa shape index (κ1) is 113. The summed E-state index contributed by atoms with van der Waals surface area (Å²) in [6.07, 6.45) is -3.55. The van der Waals surface area contributed by atoms with E-state index in [1.807, 2.05) is 0 Å². The van der Waals surface area contributed by atoms with Crippen molar-refractivity contribution in [3.05, 3.63) is 314 Å². The van der Waals surface area contributed by atoms with E-state index in [2.05, 4.69) is 49.5 Å². The molecule has 770 valence electrons. The molecule has 8 heterocycles. The molecule has 4 fully saturated rings. The topological polar surface area (TPSA) is 314 Å². The minimum absolute atomic E-state index is 0.0994. The largest absolute Gasteiger partial charge is 0.416 e. The molecule has 0 aliphatic carbocycles. The lowest BCUT2D eigenvalue weighted by Gasteiger charge is -2.32. The fourth-order valence-electron chi connectivity index (χ4n) is 15.8. The van der Waals surface area contributed by atoms with Crippen molar-refractivity contribution in [3.8, 4) is 0 Å². The molecule has 4 atom stereocenters. The molecule has 0 bridgehead atoms. The van der Waals surface area contributed by atoms with Gasteiger partial charge in [0.05, 0.1) is 42.9 Å². The van der Waals surface area contributed by atoms with Crippen LogP contribution in [0.3, 0.4) is 0 Å². The van der Waals surface area contributed by atoms with Gasteiger partial charge in [0.25, 0.3) is 63.7 Å². The Hall–Kier alpha value is -8.77. The van der Waals surface area contributed by atoms with E-state index in [0.29, 0.717) is 158 Å². The van der Waals surface area contributed by atoms with E-state index in [4.69, 9.17) is 46.4 Å². The number of thiophene rings is 4. The summed E-state index contributed by atoms with van der Waals surface area (Å²) in [7, 11) is -14.6. The van der Waals surface area contributed by atoms with E-state index in [-0.39, 0.29) is 93.5 Å². The third kappa shape index (κ3) is 33.6. The zero-order valence-corrected chi connectivity index (χ0v) is 86.8. The minimum atomic E-state index is -4.38. The summed E-state index contributed by atoms with van der Waals surface area (Å²) < 4.78 is 227. The number of benzene rings is 7. The Labute approximate surface area is 862 Å². The van der Waals surface area contributed by atoms with Crippen LogP contribution in [0.1, 0.15) is 165 Å². The number of nitrogens with one attached hydrogen (secondary N) is 8. The van der Waals surface area contributed by atoms with Crippen molar-refractivity contribution in [1.29, 1.82) is 0 Å². The zero-order valence-electron chi connectivity index (χ0n) is 77.3.